The van der Waals surface area contributed by atoms with Gasteiger partial charge in [0, 0.05) is 19.6 Å². The third-order valence-corrected chi connectivity index (χ3v) is 5.94. The molecule has 3 aliphatic rings. The number of ether oxygens (including phenoxy) is 2. The SMILES string of the molecule is CCC1CC(O)(C2CCOC3(CCCCC3)C2)CCO1. The fourth-order valence-corrected chi connectivity index (χ4v) is 4.62. The molecule has 3 rings (SSSR count). The maximum absolute atomic E-state index is 11.2. The van der Waals surface area contributed by atoms with Crippen LogP contribution in [-0.4, -0.2) is 35.6 Å². The van der Waals surface area contributed by atoms with Gasteiger partial charge in [0.05, 0.1) is 17.3 Å². The highest BCUT2D eigenvalue weighted by Gasteiger charge is 2.48. The molecule has 20 heavy (non-hydrogen) atoms. The third kappa shape index (κ3) is 2.90. The second-order valence-corrected chi connectivity index (χ2v) is 7.24. The second kappa shape index (κ2) is 5.94. The van der Waals surface area contributed by atoms with Crippen LogP contribution in [0.2, 0.25) is 0 Å². The quantitative estimate of drug-likeness (QED) is 0.843. The van der Waals surface area contributed by atoms with Crippen LogP contribution >= 0.6 is 0 Å². The molecule has 3 fully saturated rings. The molecular weight excluding hydrogens is 252 g/mol. The summed E-state index contributed by atoms with van der Waals surface area (Å²) in [4.78, 5) is 0. The van der Waals surface area contributed by atoms with Crippen molar-refractivity contribution < 1.29 is 14.6 Å². The van der Waals surface area contributed by atoms with Gasteiger partial charge in [-0.2, -0.15) is 0 Å². The molecule has 2 saturated heterocycles. The summed E-state index contributed by atoms with van der Waals surface area (Å²) in [6.07, 6.45) is 11.3. The van der Waals surface area contributed by atoms with E-state index in [1.807, 2.05) is 0 Å². The van der Waals surface area contributed by atoms with Gasteiger partial charge in [-0.3, -0.25) is 0 Å². The Balaban J connectivity index is 1.69. The summed E-state index contributed by atoms with van der Waals surface area (Å²) in [7, 11) is 0. The monoisotopic (exact) mass is 282 g/mol. The van der Waals surface area contributed by atoms with Crippen LogP contribution in [0.15, 0.2) is 0 Å². The molecule has 2 heterocycles. The lowest BCUT2D eigenvalue weighted by Gasteiger charge is -2.50. The first kappa shape index (κ1) is 14.8. The minimum atomic E-state index is -0.507. The lowest BCUT2D eigenvalue weighted by Crippen LogP contribution is -2.52. The van der Waals surface area contributed by atoms with E-state index < -0.39 is 5.60 Å². The van der Waals surface area contributed by atoms with Gasteiger partial charge in [0.25, 0.3) is 0 Å². The molecule has 3 heteroatoms. The van der Waals surface area contributed by atoms with E-state index in [9.17, 15) is 5.11 Å². The summed E-state index contributed by atoms with van der Waals surface area (Å²) in [6.45, 7) is 3.72. The summed E-state index contributed by atoms with van der Waals surface area (Å²) in [5.41, 5.74) is -0.413. The van der Waals surface area contributed by atoms with Crippen molar-refractivity contribution in [3.05, 3.63) is 0 Å². The van der Waals surface area contributed by atoms with Crippen molar-refractivity contribution in [2.75, 3.05) is 13.2 Å². The van der Waals surface area contributed by atoms with Crippen LogP contribution in [0.1, 0.15) is 71.1 Å². The van der Waals surface area contributed by atoms with Crippen LogP contribution in [-0.2, 0) is 9.47 Å². The first-order valence-corrected chi connectivity index (χ1v) is 8.64. The average molecular weight is 282 g/mol. The van der Waals surface area contributed by atoms with Crippen LogP contribution in [0.3, 0.4) is 0 Å². The van der Waals surface area contributed by atoms with Crippen LogP contribution in [0, 0.1) is 5.92 Å². The van der Waals surface area contributed by atoms with Crippen LogP contribution < -0.4 is 0 Å². The smallest absolute Gasteiger partial charge is 0.0724 e. The topological polar surface area (TPSA) is 38.7 Å². The van der Waals surface area contributed by atoms with Gasteiger partial charge < -0.3 is 14.6 Å². The predicted molar refractivity (Wildman–Crippen MR) is 78.7 cm³/mol. The number of rotatable bonds is 2. The zero-order valence-corrected chi connectivity index (χ0v) is 12.9. The molecule has 3 unspecified atom stereocenters. The Kier molecular flexibility index (Phi) is 4.40. The highest BCUT2D eigenvalue weighted by molar-refractivity contribution is 4.98. The van der Waals surface area contributed by atoms with Crippen molar-refractivity contribution in [3.63, 3.8) is 0 Å². The van der Waals surface area contributed by atoms with Crippen molar-refractivity contribution in [2.24, 2.45) is 5.92 Å². The molecule has 0 radical (unpaired) electrons. The highest BCUT2D eigenvalue weighted by Crippen LogP contribution is 2.46. The summed E-state index contributed by atoms with van der Waals surface area (Å²) < 4.78 is 11.9. The molecular formula is C17H30O3. The standard InChI is InChI=1S/C17H30O3/c1-2-15-13-17(18,9-11-19-15)14-6-10-20-16(12-14)7-4-3-5-8-16/h14-15,18H,2-13H2,1H3. The Morgan fingerprint density at radius 1 is 1.05 bits per heavy atom. The maximum atomic E-state index is 11.2. The van der Waals surface area contributed by atoms with E-state index in [0.29, 0.717) is 5.92 Å². The largest absolute Gasteiger partial charge is 0.389 e. The Labute approximate surface area is 123 Å². The van der Waals surface area contributed by atoms with Crippen LogP contribution in [0.4, 0.5) is 0 Å². The molecule has 1 aliphatic carbocycles. The first-order valence-electron chi connectivity index (χ1n) is 8.64. The average Bonchev–Trinajstić information content (AvgIpc) is 2.48. The summed E-state index contributed by atoms with van der Waals surface area (Å²) in [6, 6.07) is 0. The van der Waals surface area contributed by atoms with Gasteiger partial charge in [0.1, 0.15) is 0 Å². The van der Waals surface area contributed by atoms with Crippen molar-refractivity contribution in [2.45, 2.75) is 88.4 Å². The number of aliphatic hydroxyl groups is 1. The summed E-state index contributed by atoms with van der Waals surface area (Å²) in [5, 5.41) is 11.2. The fourth-order valence-electron chi connectivity index (χ4n) is 4.62. The third-order valence-electron chi connectivity index (χ3n) is 5.94. The highest BCUT2D eigenvalue weighted by atomic mass is 16.5. The van der Waals surface area contributed by atoms with E-state index >= 15 is 0 Å². The first-order chi connectivity index (χ1) is 9.66. The molecule has 0 aromatic carbocycles. The molecule has 2 aliphatic heterocycles. The Morgan fingerprint density at radius 2 is 1.85 bits per heavy atom. The van der Waals surface area contributed by atoms with Crippen LogP contribution in [0.25, 0.3) is 0 Å². The maximum Gasteiger partial charge on any atom is 0.0724 e. The van der Waals surface area contributed by atoms with Crippen molar-refractivity contribution in [1.82, 2.24) is 0 Å². The second-order valence-electron chi connectivity index (χ2n) is 7.24. The van der Waals surface area contributed by atoms with E-state index in [2.05, 4.69) is 6.92 Å². The van der Waals surface area contributed by atoms with E-state index in [1.54, 1.807) is 0 Å². The van der Waals surface area contributed by atoms with Gasteiger partial charge in [0.2, 0.25) is 0 Å². The molecule has 1 saturated carbocycles. The molecule has 3 atom stereocenters. The van der Waals surface area contributed by atoms with E-state index in [0.717, 1.165) is 45.3 Å². The molecule has 116 valence electrons. The minimum Gasteiger partial charge on any atom is -0.389 e. The van der Waals surface area contributed by atoms with Gasteiger partial charge in [-0.15, -0.1) is 0 Å². The van der Waals surface area contributed by atoms with Crippen molar-refractivity contribution in [3.8, 4) is 0 Å². The minimum absolute atomic E-state index is 0.0942. The molecule has 0 bridgehead atoms. The van der Waals surface area contributed by atoms with Gasteiger partial charge in [0.15, 0.2) is 0 Å². The van der Waals surface area contributed by atoms with E-state index in [-0.39, 0.29) is 11.7 Å². The van der Waals surface area contributed by atoms with Gasteiger partial charge in [-0.05, 0) is 44.4 Å². The zero-order chi connectivity index (χ0) is 14.1. The molecule has 0 aromatic heterocycles. The molecule has 1 spiro atoms. The van der Waals surface area contributed by atoms with Gasteiger partial charge in [-0.25, -0.2) is 0 Å². The van der Waals surface area contributed by atoms with Crippen LogP contribution in [0.5, 0.6) is 0 Å². The summed E-state index contributed by atoms with van der Waals surface area (Å²) in [5.74, 6) is 0.410. The summed E-state index contributed by atoms with van der Waals surface area (Å²) >= 11 is 0. The molecule has 0 amide bonds. The normalized spacial score (nSPS) is 41.7. The molecule has 3 nitrogen and oxygen atoms in total. The lowest BCUT2D eigenvalue weighted by molar-refractivity contribution is -0.186. The number of hydrogen-bond donors (Lipinski definition) is 1. The number of hydrogen-bond acceptors (Lipinski definition) is 3. The molecule has 0 aromatic rings. The van der Waals surface area contributed by atoms with Gasteiger partial charge in [-0.1, -0.05) is 26.2 Å². The zero-order valence-electron chi connectivity index (χ0n) is 12.9. The Bertz CT molecular complexity index is 319. The Hall–Kier alpha value is -0.120. The Morgan fingerprint density at radius 3 is 2.60 bits per heavy atom. The van der Waals surface area contributed by atoms with Crippen molar-refractivity contribution in [1.29, 1.82) is 0 Å². The molecule has 1 N–H and O–H groups in total. The fraction of sp³-hybridized carbons (Fsp3) is 1.00. The van der Waals surface area contributed by atoms with E-state index in [1.165, 1.54) is 32.1 Å². The van der Waals surface area contributed by atoms with Gasteiger partial charge >= 0.3 is 0 Å². The lowest BCUT2D eigenvalue weighted by atomic mass is 9.68. The predicted octanol–water partition coefficient (Wildman–Crippen LogP) is 3.44. The van der Waals surface area contributed by atoms with Crippen molar-refractivity contribution >= 4 is 0 Å². The van der Waals surface area contributed by atoms with E-state index in [4.69, 9.17) is 9.47 Å².